The minimum atomic E-state index is 0.413. The molecule has 4 heteroatoms. The molecule has 1 saturated carbocycles. The topological polar surface area (TPSA) is 38.5 Å². The number of thiocarbonyl (C=S) groups is 1. The number of nitrogens with two attached hydrogens (primary N) is 1. The second-order valence-electron chi connectivity index (χ2n) is 5.25. The van der Waals surface area contributed by atoms with Gasteiger partial charge in [0.2, 0.25) is 0 Å². The van der Waals surface area contributed by atoms with Crippen molar-refractivity contribution in [2.75, 3.05) is 26.3 Å². The van der Waals surface area contributed by atoms with Gasteiger partial charge in [-0.3, -0.25) is 4.90 Å². The first kappa shape index (κ1) is 12.3. The molecule has 0 aromatic rings. The third-order valence-corrected chi connectivity index (χ3v) is 4.01. The summed E-state index contributed by atoms with van der Waals surface area (Å²) in [5, 5.41) is 0. The van der Waals surface area contributed by atoms with Gasteiger partial charge in [0, 0.05) is 25.6 Å². The summed E-state index contributed by atoms with van der Waals surface area (Å²) >= 11 is 5.04. The highest BCUT2D eigenvalue weighted by atomic mass is 32.1. The molecule has 16 heavy (non-hydrogen) atoms. The van der Waals surface area contributed by atoms with Crippen LogP contribution in [0.3, 0.4) is 0 Å². The number of nitrogens with zero attached hydrogens (tertiary/aromatic N) is 1. The lowest BCUT2D eigenvalue weighted by Gasteiger charge is -2.37. The Hall–Kier alpha value is -0.190. The molecule has 1 unspecified atom stereocenters. The Balaban J connectivity index is 1.89. The fourth-order valence-electron chi connectivity index (χ4n) is 2.64. The van der Waals surface area contributed by atoms with Gasteiger partial charge in [-0.1, -0.05) is 19.1 Å². The largest absolute Gasteiger partial charge is 0.393 e. The summed E-state index contributed by atoms with van der Waals surface area (Å²) in [5.74, 6) is 0. The fourth-order valence-corrected chi connectivity index (χ4v) is 2.95. The van der Waals surface area contributed by atoms with Gasteiger partial charge >= 0.3 is 0 Å². The van der Waals surface area contributed by atoms with E-state index in [1.807, 2.05) is 0 Å². The van der Waals surface area contributed by atoms with E-state index in [4.69, 9.17) is 22.7 Å². The molecule has 1 saturated heterocycles. The summed E-state index contributed by atoms with van der Waals surface area (Å²) in [6, 6.07) is 0.595. The first-order valence-electron chi connectivity index (χ1n) is 6.25. The number of rotatable bonds is 5. The van der Waals surface area contributed by atoms with Gasteiger partial charge in [-0.05, 0) is 24.7 Å². The SMILES string of the molecule is CCC1COCCN1CC1(CC(N)=S)CC1. The summed E-state index contributed by atoms with van der Waals surface area (Å²) in [5.41, 5.74) is 6.09. The molecule has 1 aliphatic heterocycles. The molecule has 2 fully saturated rings. The standard InChI is InChI=1S/C12H22N2OS/c1-2-10-8-15-6-5-14(10)9-12(3-4-12)7-11(13)16/h10H,2-9H2,1H3,(H2,13,16). The van der Waals surface area contributed by atoms with Crippen LogP contribution >= 0.6 is 12.2 Å². The molecule has 0 amide bonds. The van der Waals surface area contributed by atoms with Crippen LogP contribution in [0.2, 0.25) is 0 Å². The van der Waals surface area contributed by atoms with Gasteiger partial charge in [0.05, 0.1) is 18.2 Å². The molecule has 1 aliphatic carbocycles. The Labute approximate surface area is 103 Å². The van der Waals surface area contributed by atoms with Crippen molar-refractivity contribution in [2.24, 2.45) is 11.1 Å². The molecule has 2 aliphatic rings. The zero-order valence-electron chi connectivity index (χ0n) is 10.1. The number of hydrogen-bond acceptors (Lipinski definition) is 3. The molecule has 0 aromatic heterocycles. The number of hydrogen-bond donors (Lipinski definition) is 1. The third-order valence-electron chi connectivity index (χ3n) is 3.87. The maximum Gasteiger partial charge on any atom is 0.0733 e. The molecule has 0 bridgehead atoms. The van der Waals surface area contributed by atoms with Gasteiger partial charge in [-0.2, -0.15) is 0 Å². The summed E-state index contributed by atoms with van der Waals surface area (Å²) in [6.07, 6.45) is 4.68. The average Bonchev–Trinajstić information content (AvgIpc) is 2.97. The molecule has 3 nitrogen and oxygen atoms in total. The maximum atomic E-state index is 5.68. The lowest BCUT2D eigenvalue weighted by Crippen LogP contribution is -2.47. The van der Waals surface area contributed by atoms with E-state index in [0.717, 1.165) is 32.7 Å². The van der Waals surface area contributed by atoms with Gasteiger partial charge < -0.3 is 10.5 Å². The van der Waals surface area contributed by atoms with E-state index in [0.29, 0.717) is 16.4 Å². The molecule has 0 radical (unpaired) electrons. The third kappa shape index (κ3) is 2.93. The number of morpholine rings is 1. The van der Waals surface area contributed by atoms with Gasteiger partial charge in [-0.25, -0.2) is 0 Å². The molecule has 1 heterocycles. The first-order valence-corrected chi connectivity index (χ1v) is 6.66. The van der Waals surface area contributed by atoms with Crippen molar-refractivity contribution >= 4 is 17.2 Å². The quantitative estimate of drug-likeness (QED) is 0.743. The van der Waals surface area contributed by atoms with Crippen molar-refractivity contribution in [3.05, 3.63) is 0 Å². The average molecular weight is 242 g/mol. The summed E-state index contributed by atoms with van der Waals surface area (Å²) in [4.78, 5) is 3.26. The fraction of sp³-hybridized carbons (Fsp3) is 0.917. The minimum Gasteiger partial charge on any atom is -0.393 e. The van der Waals surface area contributed by atoms with Gasteiger partial charge in [0.25, 0.3) is 0 Å². The highest BCUT2D eigenvalue weighted by Crippen LogP contribution is 2.49. The van der Waals surface area contributed by atoms with E-state index in [2.05, 4.69) is 11.8 Å². The van der Waals surface area contributed by atoms with Crippen LogP contribution in [0.5, 0.6) is 0 Å². The molecular formula is C12H22N2OS. The highest BCUT2D eigenvalue weighted by Gasteiger charge is 2.45. The Morgan fingerprint density at radius 3 is 2.88 bits per heavy atom. The predicted octanol–water partition coefficient (Wildman–Crippen LogP) is 1.55. The van der Waals surface area contributed by atoms with Crippen molar-refractivity contribution in [3.63, 3.8) is 0 Å². The van der Waals surface area contributed by atoms with Crippen molar-refractivity contribution in [3.8, 4) is 0 Å². The highest BCUT2D eigenvalue weighted by molar-refractivity contribution is 7.80. The van der Waals surface area contributed by atoms with E-state index in [9.17, 15) is 0 Å². The molecule has 92 valence electrons. The molecule has 2 N–H and O–H groups in total. The molecule has 2 rings (SSSR count). The Morgan fingerprint density at radius 2 is 2.31 bits per heavy atom. The smallest absolute Gasteiger partial charge is 0.0733 e. The van der Waals surface area contributed by atoms with Crippen LogP contribution in [0.15, 0.2) is 0 Å². The summed E-state index contributed by atoms with van der Waals surface area (Å²) in [7, 11) is 0. The summed E-state index contributed by atoms with van der Waals surface area (Å²) < 4.78 is 5.53. The molecule has 0 spiro atoms. The Morgan fingerprint density at radius 1 is 1.56 bits per heavy atom. The van der Waals surface area contributed by atoms with Crippen molar-refractivity contribution < 1.29 is 4.74 Å². The second kappa shape index (κ2) is 4.98. The van der Waals surface area contributed by atoms with E-state index >= 15 is 0 Å². The Bertz CT molecular complexity index is 266. The maximum absolute atomic E-state index is 5.68. The van der Waals surface area contributed by atoms with Crippen LogP contribution < -0.4 is 5.73 Å². The molecule has 0 aromatic carbocycles. The lowest BCUT2D eigenvalue weighted by molar-refractivity contribution is -0.0170. The van der Waals surface area contributed by atoms with Crippen LogP contribution in [-0.4, -0.2) is 42.2 Å². The van der Waals surface area contributed by atoms with Crippen LogP contribution in [0, 0.1) is 5.41 Å². The minimum absolute atomic E-state index is 0.413. The Kier molecular flexibility index (Phi) is 3.82. The van der Waals surface area contributed by atoms with E-state index in [1.54, 1.807) is 0 Å². The van der Waals surface area contributed by atoms with Crippen LogP contribution in [0.4, 0.5) is 0 Å². The van der Waals surface area contributed by atoms with Gasteiger partial charge in [0.1, 0.15) is 0 Å². The van der Waals surface area contributed by atoms with Gasteiger partial charge in [-0.15, -0.1) is 0 Å². The number of ether oxygens (including phenoxy) is 1. The summed E-state index contributed by atoms with van der Waals surface area (Å²) in [6.45, 7) is 6.22. The van der Waals surface area contributed by atoms with Crippen LogP contribution in [-0.2, 0) is 4.74 Å². The van der Waals surface area contributed by atoms with Crippen molar-refractivity contribution in [2.45, 2.75) is 38.6 Å². The monoisotopic (exact) mass is 242 g/mol. The zero-order chi connectivity index (χ0) is 11.6. The molecular weight excluding hydrogens is 220 g/mol. The van der Waals surface area contributed by atoms with E-state index in [1.165, 1.54) is 19.3 Å². The van der Waals surface area contributed by atoms with Crippen LogP contribution in [0.25, 0.3) is 0 Å². The van der Waals surface area contributed by atoms with Gasteiger partial charge in [0.15, 0.2) is 0 Å². The van der Waals surface area contributed by atoms with Crippen molar-refractivity contribution in [1.82, 2.24) is 4.90 Å². The molecule has 1 atom stereocenters. The second-order valence-corrected chi connectivity index (χ2v) is 5.77. The van der Waals surface area contributed by atoms with E-state index in [-0.39, 0.29) is 0 Å². The zero-order valence-corrected chi connectivity index (χ0v) is 10.9. The normalized spacial score (nSPS) is 28.9. The van der Waals surface area contributed by atoms with E-state index < -0.39 is 0 Å². The predicted molar refractivity (Wildman–Crippen MR) is 69.5 cm³/mol. The first-order chi connectivity index (χ1) is 7.65. The van der Waals surface area contributed by atoms with Crippen molar-refractivity contribution in [1.29, 1.82) is 0 Å². The lowest BCUT2D eigenvalue weighted by atomic mass is 10.00. The van der Waals surface area contributed by atoms with Crippen LogP contribution in [0.1, 0.15) is 32.6 Å².